The van der Waals surface area contributed by atoms with Crippen LogP contribution in [0.3, 0.4) is 0 Å². The van der Waals surface area contributed by atoms with Crippen LogP contribution in [0.5, 0.6) is 0 Å². The van der Waals surface area contributed by atoms with Gasteiger partial charge in [-0.3, -0.25) is 0 Å². The first kappa shape index (κ1) is 13.0. The minimum Gasteiger partial charge on any atom is -0.446 e. The lowest BCUT2D eigenvalue weighted by molar-refractivity contribution is 0.181. The summed E-state index contributed by atoms with van der Waals surface area (Å²) in [6.07, 6.45) is 0. The number of hydrogen-bond donors (Lipinski definition) is 1. The number of ether oxygens (including phenoxy) is 1. The highest BCUT2D eigenvalue weighted by Crippen LogP contribution is 2.23. The van der Waals surface area contributed by atoms with E-state index >= 15 is 0 Å². The van der Waals surface area contributed by atoms with Crippen LogP contribution >= 0.6 is 15.9 Å². The van der Waals surface area contributed by atoms with Gasteiger partial charge in [-0.2, -0.15) is 0 Å². The van der Waals surface area contributed by atoms with Crippen LogP contribution in [0.2, 0.25) is 0 Å². The summed E-state index contributed by atoms with van der Waals surface area (Å²) >= 11 is 3.27. The number of furan rings is 1. The lowest BCUT2D eigenvalue weighted by Crippen LogP contribution is -2.04. The summed E-state index contributed by atoms with van der Waals surface area (Å²) in [4.78, 5) is 8.79. The number of anilines is 1. The minimum atomic E-state index is 0.440. The minimum absolute atomic E-state index is 0.440. The Hall–Kier alpha value is -1.40. The normalized spacial score (nSPS) is 10.6. The van der Waals surface area contributed by atoms with E-state index in [1.165, 1.54) is 0 Å². The van der Waals surface area contributed by atoms with Crippen LogP contribution < -0.4 is 5.32 Å². The highest BCUT2D eigenvalue weighted by Gasteiger charge is 2.10. The molecule has 0 aliphatic rings. The molecular weight excluding hydrogens is 298 g/mol. The standard InChI is InChI=1S/C12H14BrN3O2/c1-3-14-11-6-8(7-17-2)15-12(16-11)9-4-5-10(13)18-9/h4-6H,3,7H2,1-2H3,(H,14,15,16). The van der Waals surface area contributed by atoms with Gasteiger partial charge in [-0.1, -0.05) is 0 Å². The number of nitrogens with one attached hydrogen (secondary N) is 1. The van der Waals surface area contributed by atoms with Gasteiger partial charge in [0.2, 0.25) is 0 Å². The monoisotopic (exact) mass is 311 g/mol. The summed E-state index contributed by atoms with van der Waals surface area (Å²) in [5, 5.41) is 3.16. The van der Waals surface area contributed by atoms with Crippen LogP contribution in [-0.2, 0) is 11.3 Å². The molecule has 0 aromatic carbocycles. The molecule has 2 rings (SSSR count). The van der Waals surface area contributed by atoms with Crippen LogP contribution in [0.1, 0.15) is 12.6 Å². The van der Waals surface area contributed by atoms with Gasteiger partial charge in [-0.15, -0.1) is 0 Å². The largest absolute Gasteiger partial charge is 0.446 e. The van der Waals surface area contributed by atoms with Crippen molar-refractivity contribution in [2.45, 2.75) is 13.5 Å². The lowest BCUT2D eigenvalue weighted by atomic mass is 10.3. The Labute approximate surface area is 114 Å². The Balaban J connectivity index is 2.39. The van der Waals surface area contributed by atoms with E-state index in [0.717, 1.165) is 18.1 Å². The zero-order chi connectivity index (χ0) is 13.0. The molecular formula is C12H14BrN3O2. The quantitative estimate of drug-likeness (QED) is 0.919. The maximum absolute atomic E-state index is 5.46. The Morgan fingerprint density at radius 1 is 1.39 bits per heavy atom. The molecule has 18 heavy (non-hydrogen) atoms. The molecule has 0 fully saturated rings. The first-order valence-corrected chi connectivity index (χ1v) is 6.38. The third-order valence-corrected chi connectivity index (χ3v) is 2.65. The Morgan fingerprint density at radius 3 is 2.83 bits per heavy atom. The van der Waals surface area contributed by atoms with Crippen molar-refractivity contribution in [2.24, 2.45) is 0 Å². The summed E-state index contributed by atoms with van der Waals surface area (Å²) in [5.74, 6) is 1.94. The molecule has 1 N–H and O–H groups in total. The number of hydrogen-bond acceptors (Lipinski definition) is 5. The van der Waals surface area contributed by atoms with Gasteiger partial charge in [0.15, 0.2) is 16.3 Å². The SMILES string of the molecule is CCNc1cc(COC)nc(-c2ccc(Br)o2)n1. The van der Waals surface area contributed by atoms with Crippen LogP contribution in [0.25, 0.3) is 11.6 Å². The smallest absolute Gasteiger partial charge is 0.197 e. The van der Waals surface area contributed by atoms with E-state index in [4.69, 9.17) is 9.15 Å². The second-order valence-electron chi connectivity index (χ2n) is 3.64. The van der Waals surface area contributed by atoms with E-state index in [-0.39, 0.29) is 0 Å². The molecule has 0 atom stereocenters. The van der Waals surface area contributed by atoms with Crippen LogP contribution in [0, 0.1) is 0 Å². The Bertz CT molecular complexity index is 504. The number of rotatable bonds is 5. The molecule has 2 heterocycles. The molecule has 0 bridgehead atoms. The van der Waals surface area contributed by atoms with Gasteiger partial charge in [0, 0.05) is 19.7 Å². The Morgan fingerprint density at radius 2 is 2.22 bits per heavy atom. The lowest BCUT2D eigenvalue weighted by Gasteiger charge is -2.07. The molecule has 6 heteroatoms. The molecule has 5 nitrogen and oxygen atoms in total. The molecule has 2 aromatic rings. The van der Waals surface area contributed by atoms with Gasteiger partial charge in [-0.25, -0.2) is 9.97 Å². The van der Waals surface area contributed by atoms with Crippen molar-refractivity contribution < 1.29 is 9.15 Å². The molecule has 0 radical (unpaired) electrons. The molecule has 0 amide bonds. The molecule has 0 saturated carbocycles. The predicted molar refractivity (Wildman–Crippen MR) is 72.3 cm³/mol. The second kappa shape index (κ2) is 5.97. The van der Waals surface area contributed by atoms with Gasteiger partial charge in [0.05, 0.1) is 12.3 Å². The molecule has 0 spiro atoms. The highest BCUT2D eigenvalue weighted by molar-refractivity contribution is 9.10. The number of halogens is 1. The summed E-state index contributed by atoms with van der Waals surface area (Å²) < 4.78 is 11.2. The first-order valence-electron chi connectivity index (χ1n) is 5.59. The third-order valence-electron chi connectivity index (χ3n) is 2.22. The average Bonchev–Trinajstić information content (AvgIpc) is 2.76. The predicted octanol–water partition coefficient (Wildman–Crippen LogP) is 3.08. The van der Waals surface area contributed by atoms with Crippen molar-refractivity contribution >= 4 is 21.7 Å². The van der Waals surface area contributed by atoms with E-state index in [2.05, 4.69) is 31.2 Å². The van der Waals surface area contributed by atoms with Crippen molar-refractivity contribution in [3.63, 3.8) is 0 Å². The molecule has 0 saturated heterocycles. The molecule has 0 unspecified atom stereocenters. The number of methoxy groups -OCH3 is 1. The topological polar surface area (TPSA) is 60.2 Å². The van der Waals surface area contributed by atoms with E-state index in [0.29, 0.717) is 22.9 Å². The van der Waals surface area contributed by atoms with Gasteiger partial charge in [0.25, 0.3) is 0 Å². The zero-order valence-corrected chi connectivity index (χ0v) is 11.8. The van der Waals surface area contributed by atoms with Crippen LogP contribution in [-0.4, -0.2) is 23.6 Å². The maximum Gasteiger partial charge on any atom is 0.197 e. The van der Waals surface area contributed by atoms with Crippen LogP contribution in [0.15, 0.2) is 27.3 Å². The summed E-state index contributed by atoms with van der Waals surface area (Å²) in [6.45, 7) is 3.25. The van der Waals surface area contributed by atoms with E-state index < -0.39 is 0 Å². The van der Waals surface area contributed by atoms with Crippen molar-refractivity contribution in [1.82, 2.24) is 9.97 Å². The van der Waals surface area contributed by atoms with Gasteiger partial charge < -0.3 is 14.5 Å². The summed E-state index contributed by atoms with van der Waals surface area (Å²) in [7, 11) is 1.64. The van der Waals surface area contributed by atoms with Gasteiger partial charge >= 0.3 is 0 Å². The highest BCUT2D eigenvalue weighted by atomic mass is 79.9. The van der Waals surface area contributed by atoms with Gasteiger partial charge in [0.1, 0.15) is 5.82 Å². The van der Waals surface area contributed by atoms with E-state index in [1.807, 2.05) is 25.1 Å². The molecule has 2 aromatic heterocycles. The maximum atomic E-state index is 5.46. The van der Waals surface area contributed by atoms with Crippen LogP contribution in [0.4, 0.5) is 5.82 Å². The van der Waals surface area contributed by atoms with E-state index in [1.54, 1.807) is 7.11 Å². The Kier molecular flexibility index (Phi) is 4.33. The van der Waals surface area contributed by atoms with Crippen molar-refractivity contribution in [3.05, 3.63) is 28.6 Å². The molecule has 0 aliphatic carbocycles. The fraction of sp³-hybridized carbons (Fsp3) is 0.333. The zero-order valence-electron chi connectivity index (χ0n) is 10.2. The fourth-order valence-electron chi connectivity index (χ4n) is 1.54. The van der Waals surface area contributed by atoms with Crippen molar-refractivity contribution in [2.75, 3.05) is 19.0 Å². The molecule has 96 valence electrons. The third kappa shape index (κ3) is 3.08. The summed E-state index contributed by atoms with van der Waals surface area (Å²) in [5.41, 5.74) is 0.811. The number of aromatic nitrogens is 2. The first-order chi connectivity index (χ1) is 8.72. The second-order valence-corrected chi connectivity index (χ2v) is 4.42. The molecule has 0 aliphatic heterocycles. The average molecular weight is 312 g/mol. The van der Waals surface area contributed by atoms with Crippen molar-refractivity contribution in [1.29, 1.82) is 0 Å². The summed E-state index contributed by atoms with van der Waals surface area (Å²) in [6, 6.07) is 5.51. The number of nitrogens with zero attached hydrogens (tertiary/aromatic N) is 2. The van der Waals surface area contributed by atoms with E-state index in [9.17, 15) is 0 Å². The van der Waals surface area contributed by atoms with Crippen molar-refractivity contribution in [3.8, 4) is 11.6 Å². The van der Waals surface area contributed by atoms with Gasteiger partial charge in [-0.05, 0) is 35.0 Å². The fourth-order valence-corrected chi connectivity index (χ4v) is 1.84.